The summed E-state index contributed by atoms with van der Waals surface area (Å²) in [5.41, 5.74) is 0.0112. The first kappa shape index (κ1) is 17.6. The van der Waals surface area contributed by atoms with Crippen molar-refractivity contribution in [2.24, 2.45) is 0 Å². The Balaban J connectivity index is 1.77. The van der Waals surface area contributed by atoms with Gasteiger partial charge in [0, 0.05) is 13.1 Å². The van der Waals surface area contributed by atoms with Gasteiger partial charge in [-0.05, 0) is 31.0 Å². The Kier molecular flexibility index (Phi) is 5.16. The number of nitrogens with zero attached hydrogens (tertiary/aromatic N) is 3. The highest BCUT2D eigenvalue weighted by Gasteiger charge is 2.32. The van der Waals surface area contributed by atoms with Gasteiger partial charge in [0.25, 0.3) is 0 Å². The van der Waals surface area contributed by atoms with E-state index in [0.717, 1.165) is 49.8 Å². The van der Waals surface area contributed by atoms with Crippen LogP contribution >= 0.6 is 11.8 Å². The van der Waals surface area contributed by atoms with Gasteiger partial charge in [0.05, 0.1) is 22.7 Å². The summed E-state index contributed by atoms with van der Waals surface area (Å²) < 4.78 is 39.0. The number of thioether (sulfide) groups is 1. The number of hydrogen-bond donors (Lipinski definition) is 2. The number of aromatic amines is 1. The van der Waals surface area contributed by atoms with Gasteiger partial charge in [-0.2, -0.15) is 18.3 Å². The Morgan fingerprint density at radius 3 is 2.72 bits per heavy atom. The van der Waals surface area contributed by atoms with Gasteiger partial charge >= 0.3 is 6.18 Å². The van der Waals surface area contributed by atoms with Crippen LogP contribution in [0, 0.1) is 0 Å². The molecular weight excluding hydrogens is 355 g/mol. The number of aromatic nitrogens is 3. The Morgan fingerprint density at radius 1 is 1.32 bits per heavy atom. The fourth-order valence-corrected chi connectivity index (χ4v) is 3.21. The summed E-state index contributed by atoms with van der Waals surface area (Å²) in [6.07, 6.45) is -1.18. The van der Waals surface area contributed by atoms with Gasteiger partial charge < -0.3 is 10.2 Å². The van der Waals surface area contributed by atoms with Crippen molar-refractivity contribution in [1.29, 1.82) is 0 Å². The third kappa shape index (κ3) is 4.44. The lowest BCUT2D eigenvalue weighted by molar-refractivity contribution is -0.137. The number of anilines is 2. The number of H-pyrrole nitrogens is 1. The number of carbonyl (C=O) groups excluding carboxylic acids is 1. The van der Waals surface area contributed by atoms with Gasteiger partial charge in [-0.1, -0.05) is 11.8 Å². The predicted octanol–water partition coefficient (Wildman–Crippen LogP) is 3.15. The molecule has 0 atom stereocenters. The predicted molar refractivity (Wildman–Crippen MR) is 88.6 cm³/mol. The highest BCUT2D eigenvalue weighted by molar-refractivity contribution is 7.99. The van der Waals surface area contributed by atoms with Crippen molar-refractivity contribution < 1.29 is 18.0 Å². The zero-order valence-electron chi connectivity index (χ0n) is 13.1. The van der Waals surface area contributed by atoms with Crippen molar-refractivity contribution in [3.05, 3.63) is 30.1 Å². The fourth-order valence-electron chi connectivity index (χ4n) is 2.63. The van der Waals surface area contributed by atoms with Crippen LogP contribution in [-0.4, -0.2) is 39.9 Å². The minimum atomic E-state index is -4.46. The van der Waals surface area contributed by atoms with Gasteiger partial charge in [-0.3, -0.25) is 9.89 Å². The Labute approximate surface area is 146 Å². The van der Waals surface area contributed by atoms with E-state index < -0.39 is 17.6 Å². The van der Waals surface area contributed by atoms with Crippen LogP contribution in [0.25, 0.3) is 0 Å². The number of carbonyl (C=O) groups is 1. The molecule has 0 radical (unpaired) electrons. The number of amides is 1. The third-order valence-electron chi connectivity index (χ3n) is 3.78. The molecule has 0 aliphatic carbocycles. The van der Waals surface area contributed by atoms with Gasteiger partial charge in [0.1, 0.15) is 6.33 Å². The van der Waals surface area contributed by atoms with Crippen molar-refractivity contribution in [2.75, 3.05) is 29.1 Å². The molecule has 1 aliphatic heterocycles. The molecule has 134 valence electrons. The summed E-state index contributed by atoms with van der Waals surface area (Å²) in [5, 5.41) is 9.35. The average molecular weight is 371 g/mol. The van der Waals surface area contributed by atoms with E-state index in [1.54, 1.807) is 0 Å². The number of alkyl halides is 3. The summed E-state index contributed by atoms with van der Waals surface area (Å²) in [6, 6.07) is 3.46. The standard InChI is InChI=1S/C15H16F3N5OS/c16-15(17,18)10-3-4-12(23-5-1-2-6-23)11(7-10)21-13(24)8-25-14-19-9-20-22-14/h3-4,7,9H,1-2,5-6,8H2,(H,21,24)(H,19,20,22). The maximum atomic E-state index is 13.0. The summed E-state index contributed by atoms with van der Waals surface area (Å²) >= 11 is 1.13. The second kappa shape index (κ2) is 7.34. The lowest BCUT2D eigenvalue weighted by Gasteiger charge is -2.22. The summed E-state index contributed by atoms with van der Waals surface area (Å²) in [6.45, 7) is 1.53. The number of halogens is 3. The van der Waals surface area contributed by atoms with Crippen LogP contribution in [0.3, 0.4) is 0 Å². The molecule has 1 saturated heterocycles. The van der Waals surface area contributed by atoms with E-state index in [-0.39, 0.29) is 11.4 Å². The van der Waals surface area contributed by atoms with Crippen LogP contribution in [0.15, 0.2) is 29.7 Å². The topological polar surface area (TPSA) is 73.9 Å². The molecule has 1 fully saturated rings. The summed E-state index contributed by atoms with van der Waals surface area (Å²) in [5.74, 6) is -0.383. The molecule has 10 heteroatoms. The summed E-state index contributed by atoms with van der Waals surface area (Å²) in [7, 11) is 0. The van der Waals surface area contributed by atoms with Crippen LogP contribution < -0.4 is 10.2 Å². The van der Waals surface area contributed by atoms with E-state index in [9.17, 15) is 18.0 Å². The van der Waals surface area contributed by atoms with Crippen molar-refractivity contribution in [1.82, 2.24) is 15.2 Å². The first-order valence-electron chi connectivity index (χ1n) is 7.68. The minimum absolute atomic E-state index is 0.0187. The number of nitrogens with one attached hydrogen (secondary N) is 2. The van der Waals surface area contributed by atoms with Crippen LogP contribution in [0.1, 0.15) is 18.4 Å². The molecule has 0 saturated carbocycles. The second-order valence-electron chi connectivity index (χ2n) is 5.55. The molecular formula is C15H16F3N5OS. The monoisotopic (exact) mass is 371 g/mol. The average Bonchev–Trinajstić information content (AvgIpc) is 3.26. The highest BCUT2D eigenvalue weighted by Crippen LogP contribution is 2.36. The Bertz CT molecular complexity index is 729. The lowest BCUT2D eigenvalue weighted by Crippen LogP contribution is -2.22. The summed E-state index contributed by atoms with van der Waals surface area (Å²) in [4.78, 5) is 18.0. The van der Waals surface area contributed by atoms with Crippen LogP contribution in [0.2, 0.25) is 0 Å². The maximum Gasteiger partial charge on any atom is 0.416 e. The molecule has 1 aliphatic rings. The molecule has 25 heavy (non-hydrogen) atoms. The van der Waals surface area contributed by atoms with Gasteiger partial charge in [0.2, 0.25) is 5.91 Å². The molecule has 0 bridgehead atoms. The van der Waals surface area contributed by atoms with Crippen molar-refractivity contribution >= 4 is 29.0 Å². The normalized spacial score (nSPS) is 14.8. The van der Waals surface area contributed by atoms with Crippen LogP contribution in [0.5, 0.6) is 0 Å². The number of hydrogen-bond acceptors (Lipinski definition) is 5. The van der Waals surface area contributed by atoms with E-state index >= 15 is 0 Å². The molecule has 6 nitrogen and oxygen atoms in total. The number of rotatable bonds is 5. The zero-order chi connectivity index (χ0) is 17.9. The zero-order valence-corrected chi connectivity index (χ0v) is 14.0. The molecule has 1 aromatic heterocycles. The molecule has 0 unspecified atom stereocenters. The first-order valence-corrected chi connectivity index (χ1v) is 8.66. The van der Waals surface area contributed by atoms with Gasteiger partial charge in [0.15, 0.2) is 5.16 Å². The molecule has 2 heterocycles. The second-order valence-corrected chi connectivity index (χ2v) is 6.52. The Hall–Kier alpha value is -2.23. The molecule has 3 rings (SSSR count). The maximum absolute atomic E-state index is 13.0. The molecule has 1 aromatic carbocycles. The van der Waals surface area contributed by atoms with Gasteiger partial charge in [-0.15, -0.1) is 0 Å². The first-order chi connectivity index (χ1) is 11.9. The Morgan fingerprint density at radius 2 is 2.08 bits per heavy atom. The van der Waals surface area contributed by atoms with Gasteiger partial charge in [-0.25, -0.2) is 4.98 Å². The quantitative estimate of drug-likeness (QED) is 0.790. The van der Waals surface area contributed by atoms with Crippen molar-refractivity contribution in [3.8, 4) is 0 Å². The van der Waals surface area contributed by atoms with Crippen LogP contribution in [0.4, 0.5) is 24.5 Å². The van der Waals surface area contributed by atoms with Crippen molar-refractivity contribution in [3.63, 3.8) is 0 Å². The number of benzene rings is 1. The third-order valence-corrected chi connectivity index (χ3v) is 4.65. The van der Waals surface area contributed by atoms with Crippen molar-refractivity contribution in [2.45, 2.75) is 24.2 Å². The molecule has 1 amide bonds. The van der Waals surface area contributed by atoms with Crippen LogP contribution in [-0.2, 0) is 11.0 Å². The fraction of sp³-hybridized carbons (Fsp3) is 0.400. The highest BCUT2D eigenvalue weighted by atomic mass is 32.2. The van der Waals surface area contributed by atoms with E-state index in [1.807, 2.05) is 4.90 Å². The smallest absolute Gasteiger partial charge is 0.370 e. The van der Waals surface area contributed by atoms with E-state index in [4.69, 9.17) is 0 Å². The van der Waals surface area contributed by atoms with E-state index in [2.05, 4.69) is 20.5 Å². The van der Waals surface area contributed by atoms with E-state index in [1.165, 1.54) is 12.4 Å². The largest absolute Gasteiger partial charge is 0.416 e. The lowest BCUT2D eigenvalue weighted by atomic mass is 10.1. The SMILES string of the molecule is O=C(CSc1ncn[nH]1)Nc1cc(C(F)(F)F)ccc1N1CCCC1. The van der Waals surface area contributed by atoms with E-state index in [0.29, 0.717) is 10.8 Å². The molecule has 2 aromatic rings. The minimum Gasteiger partial charge on any atom is -0.370 e. The molecule has 0 spiro atoms. The molecule has 2 N–H and O–H groups in total.